The lowest BCUT2D eigenvalue weighted by Crippen LogP contribution is -2.41. The summed E-state index contributed by atoms with van der Waals surface area (Å²) in [6.07, 6.45) is 1.57. The minimum Gasteiger partial charge on any atom is -0.507 e. The van der Waals surface area contributed by atoms with Crippen molar-refractivity contribution in [3.05, 3.63) is 60.2 Å². The van der Waals surface area contributed by atoms with E-state index in [0.29, 0.717) is 17.0 Å². The number of amides is 1. The van der Waals surface area contributed by atoms with Crippen LogP contribution in [-0.2, 0) is 10.4 Å². The summed E-state index contributed by atoms with van der Waals surface area (Å²) in [5.41, 5.74) is -1.14. The molecule has 1 heterocycles. The van der Waals surface area contributed by atoms with E-state index in [2.05, 4.69) is 6.58 Å². The molecule has 0 aromatic heterocycles. The minimum absolute atomic E-state index is 0.0141. The summed E-state index contributed by atoms with van der Waals surface area (Å²) < 4.78 is 10.4. The van der Waals surface area contributed by atoms with Crippen molar-refractivity contribution in [1.29, 1.82) is 0 Å². The largest absolute Gasteiger partial charge is 0.507 e. The molecule has 130 valence electrons. The van der Waals surface area contributed by atoms with Gasteiger partial charge in [0.1, 0.15) is 17.2 Å². The first kappa shape index (κ1) is 16.9. The molecule has 3 rings (SSSR count). The van der Waals surface area contributed by atoms with E-state index >= 15 is 0 Å². The first-order valence-electron chi connectivity index (χ1n) is 7.69. The average molecular weight is 341 g/mol. The predicted molar refractivity (Wildman–Crippen MR) is 93.2 cm³/mol. The van der Waals surface area contributed by atoms with Gasteiger partial charge in [0, 0.05) is 24.2 Å². The number of carbonyl (C=O) groups excluding carboxylic acids is 1. The van der Waals surface area contributed by atoms with Crippen molar-refractivity contribution in [3.8, 4) is 17.2 Å². The molecule has 0 fully saturated rings. The standard InChI is InChI=1S/C19H19NO5/c1-4-9-20-14-8-6-5-7-13(14)19(23,18(20)22)17-15(21)10-12(24-2)11-16(17)25-3/h4-8,10-11,21,23H,1,9H2,2-3H3. The fourth-order valence-electron chi connectivity index (χ4n) is 3.21. The van der Waals surface area contributed by atoms with Crippen LogP contribution in [0.15, 0.2) is 49.1 Å². The van der Waals surface area contributed by atoms with Crippen LogP contribution in [0.25, 0.3) is 0 Å². The fourth-order valence-corrected chi connectivity index (χ4v) is 3.21. The van der Waals surface area contributed by atoms with E-state index in [0.717, 1.165) is 0 Å². The zero-order valence-electron chi connectivity index (χ0n) is 14.0. The number of nitrogens with zero attached hydrogens (tertiary/aromatic N) is 1. The van der Waals surface area contributed by atoms with E-state index in [1.807, 2.05) is 0 Å². The zero-order valence-corrected chi connectivity index (χ0v) is 14.0. The van der Waals surface area contributed by atoms with Gasteiger partial charge in [-0.15, -0.1) is 6.58 Å². The number of rotatable bonds is 5. The first-order valence-corrected chi connectivity index (χ1v) is 7.69. The van der Waals surface area contributed by atoms with E-state index < -0.39 is 11.5 Å². The molecule has 1 aliphatic rings. The minimum atomic E-state index is -2.07. The van der Waals surface area contributed by atoms with Crippen LogP contribution in [-0.4, -0.2) is 36.9 Å². The summed E-state index contributed by atoms with van der Waals surface area (Å²) >= 11 is 0. The Morgan fingerprint density at radius 2 is 1.96 bits per heavy atom. The summed E-state index contributed by atoms with van der Waals surface area (Å²) in [4.78, 5) is 14.5. The molecule has 2 N–H and O–H groups in total. The molecule has 0 bridgehead atoms. The third-order valence-electron chi connectivity index (χ3n) is 4.32. The maximum Gasteiger partial charge on any atom is 0.269 e. The SMILES string of the molecule is C=CCN1C(=O)C(O)(c2c(O)cc(OC)cc2OC)c2ccccc21. The number of carbonyl (C=O) groups is 1. The Morgan fingerprint density at radius 3 is 2.60 bits per heavy atom. The molecule has 0 saturated carbocycles. The maximum atomic E-state index is 13.1. The van der Waals surface area contributed by atoms with Gasteiger partial charge in [0.25, 0.3) is 5.91 Å². The number of aliphatic hydroxyl groups is 1. The second-order valence-electron chi connectivity index (χ2n) is 5.66. The number of hydrogen-bond donors (Lipinski definition) is 2. The third-order valence-corrected chi connectivity index (χ3v) is 4.32. The Hall–Kier alpha value is -2.99. The summed E-state index contributed by atoms with van der Waals surface area (Å²) in [6, 6.07) is 9.74. The molecule has 1 aliphatic heterocycles. The molecule has 1 atom stereocenters. The number of para-hydroxylation sites is 1. The van der Waals surface area contributed by atoms with Gasteiger partial charge in [-0.2, -0.15) is 0 Å². The number of methoxy groups -OCH3 is 2. The molecule has 0 radical (unpaired) electrons. The van der Waals surface area contributed by atoms with Gasteiger partial charge in [0.2, 0.25) is 5.60 Å². The maximum absolute atomic E-state index is 13.1. The number of benzene rings is 2. The first-order chi connectivity index (χ1) is 12.0. The molecule has 6 heteroatoms. The molecule has 0 aliphatic carbocycles. The van der Waals surface area contributed by atoms with Crippen LogP contribution in [0.5, 0.6) is 17.2 Å². The molecule has 1 unspecified atom stereocenters. The van der Waals surface area contributed by atoms with E-state index in [4.69, 9.17) is 9.47 Å². The van der Waals surface area contributed by atoms with Crippen molar-refractivity contribution in [3.63, 3.8) is 0 Å². The summed E-state index contributed by atoms with van der Waals surface area (Å²) in [7, 11) is 2.85. The molecule has 0 saturated heterocycles. The fraction of sp³-hybridized carbons (Fsp3) is 0.211. The zero-order chi connectivity index (χ0) is 18.2. The topological polar surface area (TPSA) is 79.2 Å². The second-order valence-corrected chi connectivity index (χ2v) is 5.66. The highest BCUT2D eigenvalue weighted by Crippen LogP contribution is 2.50. The number of phenols is 1. The Kier molecular flexibility index (Phi) is 4.14. The quantitative estimate of drug-likeness (QED) is 0.815. The van der Waals surface area contributed by atoms with E-state index in [9.17, 15) is 15.0 Å². The van der Waals surface area contributed by atoms with Gasteiger partial charge in [-0.3, -0.25) is 4.79 Å². The van der Waals surface area contributed by atoms with Gasteiger partial charge in [-0.25, -0.2) is 0 Å². The van der Waals surface area contributed by atoms with Crippen molar-refractivity contribution >= 4 is 11.6 Å². The molecule has 0 spiro atoms. The predicted octanol–water partition coefficient (Wildman–Crippen LogP) is 2.18. The number of hydrogen-bond acceptors (Lipinski definition) is 5. The Labute approximate surface area is 145 Å². The second kappa shape index (κ2) is 6.14. The van der Waals surface area contributed by atoms with Crippen LogP contribution in [0, 0.1) is 0 Å². The van der Waals surface area contributed by atoms with Crippen LogP contribution in [0.1, 0.15) is 11.1 Å². The lowest BCUT2D eigenvalue weighted by molar-refractivity contribution is -0.132. The van der Waals surface area contributed by atoms with Crippen LogP contribution in [0.2, 0.25) is 0 Å². The van der Waals surface area contributed by atoms with Gasteiger partial charge < -0.3 is 24.6 Å². The number of phenolic OH excluding ortho intramolecular Hbond substituents is 1. The lowest BCUT2D eigenvalue weighted by atomic mass is 9.86. The summed E-state index contributed by atoms with van der Waals surface area (Å²) in [5.74, 6) is -0.360. The molecule has 2 aromatic carbocycles. The van der Waals surface area contributed by atoms with Crippen molar-refractivity contribution in [2.75, 3.05) is 25.7 Å². The van der Waals surface area contributed by atoms with Gasteiger partial charge in [0.05, 0.1) is 25.5 Å². The highest BCUT2D eigenvalue weighted by Gasteiger charge is 2.53. The summed E-state index contributed by atoms with van der Waals surface area (Å²) in [6.45, 7) is 3.89. The number of aromatic hydroxyl groups is 1. The number of anilines is 1. The Bertz CT molecular complexity index is 848. The van der Waals surface area contributed by atoms with E-state index in [-0.39, 0.29) is 23.6 Å². The van der Waals surface area contributed by atoms with E-state index in [1.165, 1.54) is 31.3 Å². The normalized spacial score (nSPS) is 18.8. The molecular formula is C19H19NO5. The van der Waals surface area contributed by atoms with Gasteiger partial charge >= 0.3 is 0 Å². The smallest absolute Gasteiger partial charge is 0.269 e. The molecule has 2 aromatic rings. The molecular weight excluding hydrogens is 322 g/mol. The van der Waals surface area contributed by atoms with E-state index in [1.54, 1.807) is 30.3 Å². The van der Waals surface area contributed by atoms with Crippen molar-refractivity contribution in [2.24, 2.45) is 0 Å². The lowest BCUT2D eigenvalue weighted by Gasteiger charge is -2.26. The van der Waals surface area contributed by atoms with Crippen molar-refractivity contribution in [2.45, 2.75) is 5.60 Å². The molecule has 1 amide bonds. The average Bonchev–Trinajstić information content (AvgIpc) is 2.84. The number of fused-ring (bicyclic) bond motifs is 1. The van der Waals surface area contributed by atoms with Gasteiger partial charge in [-0.05, 0) is 6.07 Å². The number of ether oxygens (including phenoxy) is 2. The van der Waals surface area contributed by atoms with Crippen molar-refractivity contribution in [1.82, 2.24) is 0 Å². The third kappa shape index (κ3) is 2.34. The summed E-state index contributed by atoms with van der Waals surface area (Å²) in [5, 5.41) is 21.9. The Morgan fingerprint density at radius 1 is 1.24 bits per heavy atom. The highest BCUT2D eigenvalue weighted by atomic mass is 16.5. The van der Waals surface area contributed by atoms with Crippen LogP contribution in [0.3, 0.4) is 0 Å². The van der Waals surface area contributed by atoms with Crippen molar-refractivity contribution < 1.29 is 24.5 Å². The van der Waals surface area contributed by atoms with Gasteiger partial charge in [0.15, 0.2) is 0 Å². The molecule has 6 nitrogen and oxygen atoms in total. The monoisotopic (exact) mass is 341 g/mol. The van der Waals surface area contributed by atoms with Crippen LogP contribution >= 0.6 is 0 Å². The van der Waals surface area contributed by atoms with Crippen LogP contribution in [0.4, 0.5) is 5.69 Å². The van der Waals surface area contributed by atoms with Gasteiger partial charge in [-0.1, -0.05) is 24.3 Å². The van der Waals surface area contributed by atoms with Crippen LogP contribution < -0.4 is 14.4 Å². The Balaban J connectivity index is 2.30. The highest BCUT2D eigenvalue weighted by molar-refractivity contribution is 6.10. The molecule has 25 heavy (non-hydrogen) atoms.